The van der Waals surface area contributed by atoms with Gasteiger partial charge in [-0.15, -0.1) is 11.3 Å². The monoisotopic (exact) mass is 355 g/mol. The third kappa shape index (κ3) is 4.41. The third-order valence-corrected chi connectivity index (χ3v) is 4.23. The highest BCUT2D eigenvalue weighted by Gasteiger charge is 2.10. The number of ether oxygens (including phenoxy) is 1. The first-order valence-electron chi connectivity index (χ1n) is 7.52. The minimum absolute atomic E-state index is 0.0824. The van der Waals surface area contributed by atoms with Gasteiger partial charge in [0.2, 0.25) is 0 Å². The normalized spacial score (nSPS) is 11.8. The predicted molar refractivity (Wildman–Crippen MR) is 88.9 cm³/mol. The van der Waals surface area contributed by atoms with Crippen LogP contribution in [0.4, 0.5) is 13.6 Å². The lowest BCUT2D eigenvalue weighted by Crippen LogP contribution is -2.30. The van der Waals surface area contributed by atoms with Crippen molar-refractivity contribution >= 4 is 17.4 Å². The fraction of sp³-hybridized carbons (Fsp3) is 0.375. The van der Waals surface area contributed by atoms with Crippen molar-refractivity contribution in [2.75, 3.05) is 13.1 Å². The molecular weight excluding hydrogens is 336 g/mol. The Kier molecular flexibility index (Phi) is 6.08. The van der Waals surface area contributed by atoms with E-state index in [-0.39, 0.29) is 11.8 Å². The van der Waals surface area contributed by atoms with Gasteiger partial charge < -0.3 is 9.64 Å². The van der Waals surface area contributed by atoms with Crippen molar-refractivity contribution in [3.8, 4) is 11.4 Å². The summed E-state index contributed by atoms with van der Waals surface area (Å²) >= 11 is 1.39. The summed E-state index contributed by atoms with van der Waals surface area (Å²) in [5.74, 6) is 0.0824. The largest absolute Gasteiger partial charge is 0.435 e. The summed E-state index contributed by atoms with van der Waals surface area (Å²) in [6.07, 6.45) is 1.85. The highest BCUT2D eigenvalue weighted by atomic mass is 32.1. The molecule has 1 aromatic carbocycles. The van der Waals surface area contributed by atoms with Crippen LogP contribution in [0.25, 0.3) is 5.69 Å². The van der Waals surface area contributed by atoms with E-state index in [2.05, 4.69) is 9.73 Å². The number of alkyl halides is 2. The molecule has 0 aliphatic rings. The highest BCUT2D eigenvalue weighted by Crippen LogP contribution is 2.17. The average molecular weight is 355 g/mol. The summed E-state index contributed by atoms with van der Waals surface area (Å²) in [4.78, 5) is 19.5. The van der Waals surface area contributed by atoms with Crippen molar-refractivity contribution in [1.82, 2.24) is 9.47 Å². The van der Waals surface area contributed by atoms with Gasteiger partial charge in [-0.3, -0.25) is 4.57 Å². The fourth-order valence-electron chi connectivity index (χ4n) is 2.15. The second-order valence-electron chi connectivity index (χ2n) is 4.93. The Balaban J connectivity index is 2.36. The molecule has 0 atom stereocenters. The van der Waals surface area contributed by atoms with Crippen LogP contribution in [0.15, 0.2) is 35.5 Å². The van der Waals surface area contributed by atoms with E-state index in [0.717, 1.165) is 4.88 Å². The Morgan fingerprint density at radius 3 is 2.46 bits per heavy atom. The molecule has 1 heterocycles. The zero-order valence-corrected chi connectivity index (χ0v) is 14.5. The lowest BCUT2D eigenvalue weighted by molar-refractivity contribution is -0.0498. The van der Waals surface area contributed by atoms with Crippen molar-refractivity contribution in [2.24, 2.45) is 4.99 Å². The van der Waals surface area contributed by atoms with Gasteiger partial charge in [0.25, 0.3) is 0 Å². The van der Waals surface area contributed by atoms with Crippen LogP contribution < -0.4 is 9.54 Å². The second kappa shape index (κ2) is 8.05. The molecule has 2 rings (SSSR count). The maximum absolute atomic E-state index is 12.2. The van der Waals surface area contributed by atoms with Gasteiger partial charge in [-0.1, -0.05) is 0 Å². The Morgan fingerprint density at radius 1 is 1.29 bits per heavy atom. The molecule has 2 amide bonds. The Labute approximate surface area is 142 Å². The van der Waals surface area contributed by atoms with Gasteiger partial charge in [0.05, 0.1) is 0 Å². The van der Waals surface area contributed by atoms with E-state index in [4.69, 9.17) is 0 Å². The number of carbonyl (C=O) groups excluding carboxylic acids is 1. The number of thiazole rings is 1. The van der Waals surface area contributed by atoms with Gasteiger partial charge in [-0.2, -0.15) is 13.8 Å². The van der Waals surface area contributed by atoms with Gasteiger partial charge in [0.1, 0.15) is 5.75 Å². The first-order valence-corrected chi connectivity index (χ1v) is 8.34. The molecule has 0 aliphatic heterocycles. The average Bonchev–Trinajstić information content (AvgIpc) is 2.89. The van der Waals surface area contributed by atoms with Gasteiger partial charge in [0.15, 0.2) is 4.80 Å². The van der Waals surface area contributed by atoms with E-state index in [1.165, 1.54) is 23.5 Å². The van der Waals surface area contributed by atoms with E-state index in [1.54, 1.807) is 21.6 Å². The van der Waals surface area contributed by atoms with E-state index < -0.39 is 6.61 Å². The minimum Gasteiger partial charge on any atom is -0.435 e. The molecule has 24 heavy (non-hydrogen) atoms. The number of urea groups is 1. The first kappa shape index (κ1) is 18.1. The SMILES string of the molecule is CCN(CC)C(=O)N=c1sc(C)cn1-c1ccc(OC(F)F)cc1. The predicted octanol–water partition coefficient (Wildman–Crippen LogP) is 3.81. The van der Waals surface area contributed by atoms with Crippen molar-refractivity contribution in [3.05, 3.63) is 40.1 Å². The maximum Gasteiger partial charge on any atom is 0.387 e. The number of hydrogen-bond acceptors (Lipinski definition) is 3. The zero-order valence-electron chi connectivity index (χ0n) is 13.7. The highest BCUT2D eigenvalue weighted by molar-refractivity contribution is 7.09. The quantitative estimate of drug-likeness (QED) is 0.819. The van der Waals surface area contributed by atoms with Crippen LogP contribution in [0.2, 0.25) is 0 Å². The van der Waals surface area contributed by atoms with Gasteiger partial charge in [0, 0.05) is 29.9 Å². The van der Waals surface area contributed by atoms with E-state index in [9.17, 15) is 13.6 Å². The van der Waals surface area contributed by atoms with Crippen LogP contribution in [-0.2, 0) is 0 Å². The number of hydrogen-bond donors (Lipinski definition) is 0. The minimum atomic E-state index is -2.86. The molecule has 0 saturated carbocycles. The van der Waals surface area contributed by atoms with Crippen LogP contribution >= 0.6 is 11.3 Å². The van der Waals surface area contributed by atoms with Crippen LogP contribution in [0.5, 0.6) is 5.75 Å². The second-order valence-corrected chi connectivity index (χ2v) is 6.15. The number of aromatic nitrogens is 1. The summed E-state index contributed by atoms with van der Waals surface area (Å²) in [6.45, 7) is 4.02. The Hall–Kier alpha value is -2.22. The number of rotatable bonds is 5. The van der Waals surface area contributed by atoms with Crippen LogP contribution in [0.3, 0.4) is 0 Å². The van der Waals surface area contributed by atoms with Crippen molar-refractivity contribution < 1.29 is 18.3 Å². The standard InChI is InChI=1S/C16H19F2N3O2S/c1-4-20(5-2)15(22)19-16-21(10-11(3)24-16)12-6-8-13(9-7-12)23-14(17)18/h6-10,14H,4-5H2,1-3H3. The molecule has 130 valence electrons. The fourth-order valence-corrected chi connectivity index (χ4v) is 2.98. The number of aryl methyl sites for hydroxylation is 1. The van der Waals surface area contributed by atoms with Crippen molar-refractivity contribution in [3.63, 3.8) is 0 Å². The summed E-state index contributed by atoms with van der Waals surface area (Å²) in [7, 11) is 0. The molecule has 1 aromatic heterocycles. The van der Waals surface area contributed by atoms with E-state index in [1.807, 2.05) is 27.0 Å². The summed E-state index contributed by atoms with van der Waals surface area (Å²) in [6, 6.07) is 5.90. The van der Waals surface area contributed by atoms with Gasteiger partial charge >= 0.3 is 12.6 Å². The van der Waals surface area contributed by atoms with E-state index >= 15 is 0 Å². The number of carbonyl (C=O) groups is 1. The number of benzene rings is 1. The molecule has 0 saturated heterocycles. The Morgan fingerprint density at radius 2 is 1.92 bits per heavy atom. The molecule has 0 spiro atoms. The molecule has 8 heteroatoms. The molecule has 5 nitrogen and oxygen atoms in total. The maximum atomic E-state index is 12.2. The zero-order chi connectivity index (χ0) is 17.7. The summed E-state index contributed by atoms with van der Waals surface area (Å²) in [5.41, 5.74) is 0.715. The number of amides is 2. The van der Waals surface area contributed by atoms with Crippen LogP contribution in [-0.4, -0.2) is 35.2 Å². The molecule has 0 bridgehead atoms. The Bertz CT molecular complexity index is 749. The molecule has 2 aromatic rings. The molecule has 0 unspecified atom stereocenters. The summed E-state index contributed by atoms with van der Waals surface area (Å²) in [5, 5.41) is 0. The van der Waals surface area contributed by atoms with Gasteiger partial charge in [-0.05, 0) is 45.0 Å². The smallest absolute Gasteiger partial charge is 0.387 e. The van der Waals surface area contributed by atoms with Gasteiger partial charge in [-0.25, -0.2) is 4.79 Å². The summed E-state index contributed by atoms with van der Waals surface area (Å²) < 4.78 is 30.5. The topological polar surface area (TPSA) is 46.8 Å². The van der Waals surface area contributed by atoms with Crippen LogP contribution in [0.1, 0.15) is 18.7 Å². The molecular formula is C16H19F2N3O2S. The molecule has 0 radical (unpaired) electrons. The third-order valence-electron chi connectivity index (χ3n) is 3.33. The van der Waals surface area contributed by atoms with Crippen molar-refractivity contribution in [2.45, 2.75) is 27.4 Å². The molecule has 0 aliphatic carbocycles. The van der Waals surface area contributed by atoms with Crippen LogP contribution in [0, 0.1) is 6.92 Å². The number of halogens is 2. The van der Waals surface area contributed by atoms with E-state index in [0.29, 0.717) is 23.6 Å². The first-order chi connectivity index (χ1) is 11.4. The lowest BCUT2D eigenvalue weighted by Gasteiger charge is -2.14. The van der Waals surface area contributed by atoms with Crippen molar-refractivity contribution in [1.29, 1.82) is 0 Å². The number of nitrogens with zero attached hydrogens (tertiary/aromatic N) is 3. The lowest BCUT2D eigenvalue weighted by atomic mass is 10.3. The molecule has 0 fully saturated rings. The molecule has 0 N–H and O–H groups in total.